The van der Waals surface area contributed by atoms with Crippen LogP contribution in [-0.4, -0.2) is 50.8 Å². The van der Waals surface area contributed by atoms with Crippen LogP contribution in [0.2, 0.25) is 0 Å². The average Bonchev–Trinajstić information content (AvgIpc) is 3.15. The highest BCUT2D eigenvalue weighted by Crippen LogP contribution is 2.32. The van der Waals surface area contributed by atoms with Crippen molar-refractivity contribution in [3.63, 3.8) is 0 Å². The number of likely N-dealkylation sites (tertiary alicyclic amines) is 1. The number of hydrogen-bond donors (Lipinski definition) is 2. The lowest BCUT2D eigenvalue weighted by Crippen LogP contribution is -2.36. The second-order valence-corrected chi connectivity index (χ2v) is 9.55. The summed E-state index contributed by atoms with van der Waals surface area (Å²) in [5, 5.41) is 14.6. The van der Waals surface area contributed by atoms with Gasteiger partial charge in [-0.05, 0) is 57.5 Å². The minimum Gasteiger partial charge on any atom is -0.507 e. The Morgan fingerprint density at radius 1 is 1.23 bits per heavy atom. The van der Waals surface area contributed by atoms with Gasteiger partial charge >= 0.3 is 6.09 Å². The summed E-state index contributed by atoms with van der Waals surface area (Å²) < 4.78 is 6.40. The molecular weight excluding hydrogens is 460 g/mol. The summed E-state index contributed by atoms with van der Waals surface area (Å²) in [5.74, 6) is 1.24. The van der Waals surface area contributed by atoms with Crippen LogP contribution in [-0.2, 0) is 4.74 Å². The van der Waals surface area contributed by atoms with E-state index in [2.05, 4.69) is 26.2 Å². The fourth-order valence-corrected chi connectivity index (χ4v) is 3.91. The van der Waals surface area contributed by atoms with Crippen molar-refractivity contribution in [1.82, 2.24) is 14.9 Å². The summed E-state index contributed by atoms with van der Waals surface area (Å²) in [6.07, 6.45) is 0.482. The molecule has 0 aliphatic carbocycles. The molecule has 8 heteroatoms. The predicted molar refractivity (Wildman–Crippen MR) is 124 cm³/mol. The standard InChI is InChI=1S/C23H25BrN4O3/c1-23(2,3)31-22(30)28-11-10-15(13-28)25-20-16-9-8-14(24)12-18(16)26-21(27-20)17-6-4-5-7-19(17)29/h4-9,12,15,29H,10-11,13H2,1-3H3,(H,25,26,27)/t15-/m0/s1. The van der Waals surface area contributed by atoms with Crippen LogP contribution < -0.4 is 5.32 Å². The SMILES string of the molecule is CC(C)(C)OC(=O)N1CC[C@H](Nc2nc(-c3ccccc3O)nc3cc(Br)ccc23)C1. The molecule has 1 atom stereocenters. The molecule has 2 aromatic carbocycles. The lowest BCUT2D eigenvalue weighted by atomic mass is 10.1. The quantitative estimate of drug-likeness (QED) is 0.531. The van der Waals surface area contributed by atoms with Crippen LogP contribution in [0.25, 0.3) is 22.3 Å². The summed E-state index contributed by atoms with van der Waals surface area (Å²) in [6.45, 7) is 6.74. The van der Waals surface area contributed by atoms with Crippen molar-refractivity contribution >= 4 is 38.7 Å². The number of anilines is 1. The number of nitrogens with zero attached hydrogens (tertiary/aromatic N) is 3. The third kappa shape index (κ3) is 4.90. The van der Waals surface area contributed by atoms with Crippen LogP contribution in [0.1, 0.15) is 27.2 Å². The minimum absolute atomic E-state index is 0.0338. The first-order valence-electron chi connectivity index (χ1n) is 10.2. The Morgan fingerprint density at radius 3 is 2.74 bits per heavy atom. The number of amides is 1. The number of carbonyl (C=O) groups excluding carboxylic acids is 1. The summed E-state index contributed by atoms with van der Waals surface area (Å²) in [6, 6.07) is 12.9. The van der Waals surface area contributed by atoms with Crippen LogP contribution in [0.3, 0.4) is 0 Å². The van der Waals surface area contributed by atoms with E-state index in [1.54, 1.807) is 23.1 Å². The number of carbonyl (C=O) groups is 1. The molecule has 3 aromatic rings. The highest BCUT2D eigenvalue weighted by molar-refractivity contribution is 9.10. The Balaban J connectivity index is 1.63. The summed E-state index contributed by atoms with van der Waals surface area (Å²) >= 11 is 3.50. The van der Waals surface area contributed by atoms with Gasteiger partial charge in [0.2, 0.25) is 0 Å². The molecule has 4 rings (SSSR count). The predicted octanol–water partition coefficient (Wildman–Crippen LogP) is 5.19. The van der Waals surface area contributed by atoms with Gasteiger partial charge in [-0.3, -0.25) is 0 Å². The molecule has 0 bridgehead atoms. The molecule has 2 heterocycles. The molecule has 7 nitrogen and oxygen atoms in total. The maximum Gasteiger partial charge on any atom is 0.410 e. The van der Waals surface area contributed by atoms with Gasteiger partial charge in [-0.15, -0.1) is 0 Å². The number of nitrogens with one attached hydrogen (secondary N) is 1. The fraction of sp³-hybridized carbons (Fsp3) is 0.348. The van der Waals surface area contributed by atoms with Crippen molar-refractivity contribution in [3.05, 3.63) is 46.9 Å². The molecular formula is C23H25BrN4O3. The molecule has 1 aromatic heterocycles. The van der Waals surface area contributed by atoms with Gasteiger partial charge in [-0.25, -0.2) is 14.8 Å². The highest BCUT2D eigenvalue weighted by atomic mass is 79.9. The van der Waals surface area contributed by atoms with Gasteiger partial charge in [0, 0.05) is 29.0 Å². The fourth-order valence-electron chi connectivity index (χ4n) is 3.56. The number of para-hydroxylation sites is 1. The number of rotatable bonds is 3. The van der Waals surface area contributed by atoms with Crippen molar-refractivity contribution in [1.29, 1.82) is 0 Å². The van der Waals surface area contributed by atoms with E-state index in [4.69, 9.17) is 9.72 Å². The molecule has 0 radical (unpaired) electrons. The van der Waals surface area contributed by atoms with E-state index in [0.29, 0.717) is 30.3 Å². The van der Waals surface area contributed by atoms with E-state index >= 15 is 0 Å². The first-order valence-corrected chi connectivity index (χ1v) is 11.0. The first-order chi connectivity index (χ1) is 14.7. The number of hydrogen-bond acceptors (Lipinski definition) is 6. The second kappa shape index (κ2) is 8.34. The van der Waals surface area contributed by atoms with Gasteiger partial charge in [0.1, 0.15) is 17.2 Å². The van der Waals surface area contributed by atoms with Crippen molar-refractivity contribution in [3.8, 4) is 17.1 Å². The third-order valence-corrected chi connectivity index (χ3v) is 5.48. The van der Waals surface area contributed by atoms with E-state index < -0.39 is 5.60 Å². The third-order valence-electron chi connectivity index (χ3n) is 4.98. The van der Waals surface area contributed by atoms with E-state index in [1.165, 1.54) is 0 Å². The summed E-state index contributed by atoms with van der Waals surface area (Å²) in [7, 11) is 0. The van der Waals surface area contributed by atoms with Crippen LogP contribution in [0.15, 0.2) is 46.9 Å². The maximum absolute atomic E-state index is 12.4. The van der Waals surface area contributed by atoms with Crippen LogP contribution in [0, 0.1) is 0 Å². The van der Waals surface area contributed by atoms with Gasteiger partial charge in [-0.2, -0.15) is 0 Å². The number of phenolic OH excluding ortho intramolecular Hbond substituents is 1. The lowest BCUT2D eigenvalue weighted by Gasteiger charge is -2.24. The second-order valence-electron chi connectivity index (χ2n) is 8.63. The number of benzene rings is 2. The van der Waals surface area contributed by atoms with Crippen molar-refractivity contribution in [2.75, 3.05) is 18.4 Å². The molecule has 2 N–H and O–H groups in total. The molecule has 0 saturated carbocycles. The Hall–Kier alpha value is -2.87. The van der Waals surface area contributed by atoms with Crippen LogP contribution in [0.5, 0.6) is 5.75 Å². The minimum atomic E-state index is -0.522. The molecule has 0 spiro atoms. The zero-order valence-corrected chi connectivity index (χ0v) is 19.3. The van der Waals surface area contributed by atoms with Crippen LogP contribution in [0.4, 0.5) is 10.6 Å². The van der Waals surface area contributed by atoms with E-state index in [1.807, 2.05) is 45.0 Å². The number of phenols is 1. The molecule has 162 valence electrons. The average molecular weight is 485 g/mol. The topological polar surface area (TPSA) is 87.6 Å². The molecule has 1 fully saturated rings. The lowest BCUT2D eigenvalue weighted by molar-refractivity contribution is 0.0293. The molecule has 31 heavy (non-hydrogen) atoms. The van der Waals surface area contributed by atoms with Crippen LogP contribution >= 0.6 is 15.9 Å². The largest absolute Gasteiger partial charge is 0.507 e. The van der Waals surface area contributed by atoms with Crippen molar-refractivity contribution in [2.45, 2.75) is 38.8 Å². The van der Waals surface area contributed by atoms with E-state index in [0.717, 1.165) is 21.8 Å². The zero-order valence-electron chi connectivity index (χ0n) is 17.7. The number of ether oxygens (including phenoxy) is 1. The summed E-state index contributed by atoms with van der Waals surface area (Å²) in [4.78, 5) is 23.5. The first kappa shape index (κ1) is 21.4. The van der Waals surface area contributed by atoms with Crippen molar-refractivity contribution in [2.24, 2.45) is 0 Å². The Morgan fingerprint density at radius 2 is 2.00 bits per heavy atom. The molecule has 0 unspecified atom stereocenters. The van der Waals surface area contributed by atoms with Gasteiger partial charge < -0.3 is 20.1 Å². The van der Waals surface area contributed by atoms with E-state index in [-0.39, 0.29) is 17.9 Å². The number of aromatic nitrogens is 2. The Labute approximate surface area is 189 Å². The zero-order chi connectivity index (χ0) is 22.2. The van der Waals surface area contributed by atoms with E-state index in [9.17, 15) is 9.90 Å². The van der Waals surface area contributed by atoms with Gasteiger partial charge in [0.25, 0.3) is 0 Å². The number of aromatic hydroxyl groups is 1. The van der Waals surface area contributed by atoms with Gasteiger partial charge in [0.15, 0.2) is 5.82 Å². The summed E-state index contributed by atoms with van der Waals surface area (Å²) in [5.41, 5.74) is 0.798. The van der Waals surface area contributed by atoms with Gasteiger partial charge in [-0.1, -0.05) is 28.1 Å². The smallest absolute Gasteiger partial charge is 0.410 e. The Kier molecular flexibility index (Phi) is 5.75. The Bertz CT molecular complexity index is 1130. The highest BCUT2D eigenvalue weighted by Gasteiger charge is 2.30. The normalized spacial score (nSPS) is 16.5. The molecule has 1 aliphatic rings. The molecule has 1 saturated heterocycles. The maximum atomic E-state index is 12.4. The molecule has 1 amide bonds. The number of fused-ring (bicyclic) bond motifs is 1. The van der Waals surface area contributed by atoms with Crippen molar-refractivity contribution < 1.29 is 14.6 Å². The molecule has 1 aliphatic heterocycles. The monoisotopic (exact) mass is 484 g/mol. The number of halogens is 1. The van der Waals surface area contributed by atoms with Gasteiger partial charge in [0.05, 0.1) is 11.1 Å².